The summed E-state index contributed by atoms with van der Waals surface area (Å²) in [6, 6.07) is 10.9. The zero-order chi connectivity index (χ0) is 32.7. The highest BCUT2D eigenvalue weighted by molar-refractivity contribution is 5.78. The molecule has 1 N–H and O–H groups in total. The quantitative estimate of drug-likeness (QED) is 0.246. The minimum absolute atomic E-state index is 0.0263. The first-order valence-electron chi connectivity index (χ1n) is 16.1. The number of benzene rings is 2. The molecule has 10 nitrogen and oxygen atoms in total. The fourth-order valence-corrected chi connectivity index (χ4v) is 9.66. The number of amides is 1. The SMILES string of the molecule is COc1ccc(C[C@H]2COC(=O)[C@@H]2Cc2ccc(OC(=O)COC(=O)NC34CC5CC(C)(CC(C)(C5)C3)C4)c(OC)c2)cc1OC. The Balaban J connectivity index is 1.04. The average Bonchev–Trinajstić information content (AvgIpc) is 3.32. The van der Waals surface area contributed by atoms with Crippen LogP contribution in [0.25, 0.3) is 0 Å². The number of nitrogens with one attached hydrogen (secondary N) is 1. The predicted molar refractivity (Wildman–Crippen MR) is 168 cm³/mol. The van der Waals surface area contributed by atoms with Gasteiger partial charge in [0.15, 0.2) is 29.6 Å². The van der Waals surface area contributed by atoms with Crippen LogP contribution in [0.1, 0.15) is 63.5 Å². The highest BCUT2D eigenvalue weighted by Gasteiger charge is 2.60. The molecule has 4 saturated carbocycles. The first-order valence-corrected chi connectivity index (χ1v) is 16.1. The van der Waals surface area contributed by atoms with Crippen LogP contribution in [-0.2, 0) is 31.9 Å². The van der Waals surface area contributed by atoms with Gasteiger partial charge in [0.25, 0.3) is 0 Å². The Morgan fingerprint density at radius 3 is 2.07 bits per heavy atom. The van der Waals surface area contributed by atoms with E-state index >= 15 is 0 Å². The van der Waals surface area contributed by atoms with Crippen molar-refractivity contribution in [2.75, 3.05) is 34.5 Å². The number of cyclic esters (lactones) is 1. The van der Waals surface area contributed by atoms with Crippen molar-refractivity contribution in [3.05, 3.63) is 47.5 Å². The maximum Gasteiger partial charge on any atom is 0.408 e. The van der Waals surface area contributed by atoms with Crippen LogP contribution in [0.15, 0.2) is 36.4 Å². The molecule has 2 aromatic rings. The number of methoxy groups -OCH3 is 3. The first-order chi connectivity index (χ1) is 21.9. The molecule has 5 aliphatic rings. The molecule has 1 heterocycles. The number of carbonyl (C=O) groups excluding carboxylic acids is 3. The second-order valence-corrected chi connectivity index (χ2v) is 14.7. The summed E-state index contributed by atoms with van der Waals surface area (Å²) in [7, 11) is 4.67. The molecule has 1 amide bonds. The molecular formula is C36H45NO9. The van der Waals surface area contributed by atoms with Crippen LogP contribution in [0, 0.1) is 28.6 Å². The Labute approximate surface area is 270 Å². The summed E-state index contributed by atoms with van der Waals surface area (Å²) in [4.78, 5) is 38.3. The maximum absolute atomic E-state index is 12.8. The fourth-order valence-electron chi connectivity index (χ4n) is 9.66. The number of hydrogen-bond donors (Lipinski definition) is 1. The Morgan fingerprint density at radius 2 is 1.43 bits per heavy atom. The van der Waals surface area contributed by atoms with E-state index in [1.165, 1.54) is 26.4 Å². The van der Waals surface area contributed by atoms with E-state index in [4.69, 9.17) is 28.4 Å². The van der Waals surface area contributed by atoms with Crippen molar-refractivity contribution in [1.29, 1.82) is 0 Å². The Hall–Kier alpha value is -3.95. The van der Waals surface area contributed by atoms with E-state index in [0.29, 0.717) is 42.6 Å². The molecule has 248 valence electrons. The molecule has 7 rings (SSSR count). The monoisotopic (exact) mass is 635 g/mol. The zero-order valence-corrected chi connectivity index (χ0v) is 27.4. The molecule has 5 fully saturated rings. The van der Waals surface area contributed by atoms with Crippen molar-refractivity contribution in [3.8, 4) is 23.0 Å². The molecule has 1 aliphatic heterocycles. The lowest BCUT2D eigenvalue weighted by Crippen LogP contribution is -2.65. The Bertz CT molecular complexity index is 1490. The lowest BCUT2D eigenvalue weighted by Gasteiger charge is -2.65. The molecule has 46 heavy (non-hydrogen) atoms. The van der Waals surface area contributed by atoms with Gasteiger partial charge >= 0.3 is 18.0 Å². The van der Waals surface area contributed by atoms with Gasteiger partial charge in [-0.25, -0.2) is 9.59 Å². The van der Waals surface area contributed by atoms with E-state index in [1.807, 2.05) is 18.2 Å². The van der Waals surface area contributed by atoms with E-state index in [0.717, 1.165) is 30.4 Å². The summed E-state index contributed by atoms with van der Waals surface area (Å²) in [6.45, 7) is 4.49. The number of rotatable bonds is 11. The van der Waals surface area contributed by atoms with Crippen LogP contribution >= 0.6 is 0 Å². The Kier molecular flexibility index (Phi) is 8.59. The van der Waals surface area contributed by atoms with Crippen LogP contribution in [0.5, 0.6) is 23.0 Å². The van der Waals surface area contributed by atoms with Gasteiger partial charge in [0.2, 0.25) is 0 Å². The fraction of sp³-hybridized carbons (Fsp3) is 0.583. The maximum atomic E-state index is 12.8. The van der Waals surface area contributed by atoms with E-state index in [-0.39, 0.29) is 39.9 Å². The second-order valence-electron chi connectivity index (χ2n) is 14.7. The van der Waals surface area contributed by atoms with E-state index in [9.17, 15) is 14.4 Å². The highest BCUT2D eigenvalue weighted by atomic mass is 16.6. The highest BCUT2D eigenvalue weighted by Crippen LogP contribution is 2.66. The summed E-state index contributed by atoms with van der Waals surface area (Å²) in [5, 5.41) is 3.15. The molecule has 4 atom stereocenters. The van der Waals surface area contributed by atoms with Crippen molar-refractivity contribution in [3.63, 3.8) is 0 Å². The van der Waals surface area contributed by atoms with Crippen LogP contribution < -0.4 is 24.3 Å². The lowest BCUT2D eigenvalue weighted by atomic mass is 9.43. The number of ether oxygens (including phenoxy) is 6. The molecule has 4 aliphatic carbocycles. The van der Waals surface area contributed by atoms with Gasteiger partial charge in [-0.1, -0.05) is 26.0 Å². The molecule has 2 unspecified atom stereocenters. The first kappa shape index (κ1) is 32.0. The standard InChI is InChI=1S/C36H45NO9/c1-34-14-24-15-35(2,19-34)21-36(16-24,20-34)37-33(40)45-18-31(38)46-28-9-7-23(13-30(28)43-5)11-26-25(17-44-32(26)39)10-22-6-8-27(41-3)29(12-22)42-4/h6-9,12-13,24-26H,10-11,14-21H2,1-5H3,(H,37,40)/t24?,25-,26+,34?,35?,36?/m0/s1. The Morgan fingerprint density at radius 1 is 0.826 bits per heavy atom. The third-order valence-corrected chi connectivity index (χ3v) is 10.5. The normalized spacial score (nSPS) is 30.8. The number of esters is 2. The summed E-state index contributed by atoms with van der Waals surface area (Å²) in [5.74, 6) is 1.12. The van der Waals surface area contributed by atoms with Crippen LogP contribution in [0.4, 0.5) is 4.79 Å². The van der Waals surface area contributed by atoms with Crippen molar-refractivity contribution in [2.24, 2.45) is 28.6 Å². The molecule has 10 heteroatoms. The van der Waals surface area contributed by atoms with Gasteiger partial charge in [-0.05, 0) is 104 Å². The van der Waals surface area contributed by atoms with Crippen molar-refractivity contribution < 1.29 is 42.8 Å². The lowest BCUT2D eigenvalue weighted by molar-refractivity contribution is -0.141. The molecule has 0 aromatic heterocycles. The molecule has 2 aromatic carbocycles. The zero-order valence-electron chi connectivity index (χ0n) is 27.4. The summed E-state index contributed by atoms with van der Waals surface area (Å²) in [5.41, 5.74) is 2.07. The minimum Gasteiger partial charge on any atom is -0.493 e. The average molecular weight is 636 g/mol. The van der Waals surface area contributed by atoms with Gasteiger partial charge in [-0.2, -0.15) is 0 Å². The summed E-state index contributed by atoms with van der Waals surface area (Å²) < 4.78 is 32.6. The van der Waals surface area contributed by atoms with E-state index in [2.05, 4.69) is 19.2 Å². The van der Waals surface area contributed by atoms with Gasteiger partial charge in [-0.3, -0.25) is 4.79 Å². The topological polar surface area (TPSA) is 119 Å². The van der Waals surface area contributed by atoms with Gasteiger partial charge in [0.1, 0.15) is 0 Å². The summed E-state index contributed by atoms with van der Waals surface area (Å²) >= 11 is 0. The summed E-state index contributed by atoms with van der Waals surface area (Å²) in [6.07, 6.45) is 7.00. The van der Waals surface area contributed by atoms with Gasteiger partial charge in [0.05, 0.1) is 33.9 Å². The van der Waals surface area contributed by atoms with Crippen LogP contribution in [0.2, 0.25) is 0 Å². The molecule has 0 radical (unpaired) electrons. The molecular weight excluding hydrogens is 590 g/mol. The van der Waals surface area contributed by atoms with Crippen molar-refractivity contribution in [2.45, 2.75) is 70.8 Å². The third-order valence-electron chi connectivity index (χ3n) is 10.5. The molecule has 4 bridgehead atoms. The van der Waals surface area contributed by atoms with Gasteiger partial charge in [-0.15, -0.1) is 0 Å². The van der Waals surface area contributed by atoms with E-state index in [1.54, 1.807) is 32.4 Å². The number of alkyl carbamates (subject to hydrolysis) is 1. The number of carbonyl (C=O) groups is 3. The predicted octanol–water partition coefficient (Wildman–Crippen LogP) is 5.67. The third kappa shape index (κ3) is 6.62. The molecule has 1 saturated heterocycles. The van der Waals surface area contributed by atoms with Gasteiger partial charge < -0.3 is 33.7 Å². The number of hydrogen-bond acceptors (Lipinski definition) is 9. The van der Waals surface area contributed by atoms with E-state index < -0.39 is 18.7 Å². The van der Waals surface area contributed by atoms with Crippen LogP contribution in [0.3, 0.4) is 0 Å². The van der Waals surface area contributed by atoms with Crippen molar-refractivity contribution >= 4 is 18.0 Å². The minimum atomic E-state index is -0.708. The van der Waals surface area contributed by atoms with Gasteiger partial charge in [0, 0.05) is 11.5 Å². The molecule has 0 spiro atoms. The van der Waals surface area contributed by atoms with Crippen LogP contribution in [-0.4, -0.2) is 58.1 Å². The smallest absolute Gasteiger partial charge is 0.408 e. The largest absolute Gasteiger partial charge is 0.493 e. The second kappa shape index (κ2) is 12.3. The van der Waals surface area contributed by atoms with Crippen molar-refractivity contribution in [1.82, 2.24) is 5.32 Å².